The van der Waals surface area contributed by atoms with Gasteiger partial charge in [-0.2, -0.15) is 0 Å². The molecule has 112 valence electrons. The van der Waals surface area contributed by atoms with Gasteiger partial charge in [0, 0.05) is 23.4 Å². The molecule has 3 nitrogen and oxygen atoms in total. The summed E-state index contributed by atoms with van der Waals surface area (Å²) in [4.78, 5) is 2.13. The average molecular weight is 305 g/mol. The van der Waals surface area contributed by atoms with Gasteiger partial charge in [0.05, 0.1) is 6.54 Å². The average Bonchev–Trinajstić information content (AvgIpc) is 2.45. The first kappa shape index (κ1) is 15.5. The molecule has 0 radical (unpaired) electrons. The fourth-order valence-corrected chi connectivity index (χ4v) is 2.26. The fourth-order valence-electron chi connectivity index (χ4n) is 2.15. The van der Waals surface area contributed by atoms with E-state index in [1.165, 1.54) is 0 Å². The highest BCUT2D eigenvalue weighted by atomic mass is 35.5. The number of nitrogens with two attached hydrogens (primary N) is 1. The number of rotatable bonds is 5. The van der Waals surface area contributed by atoms with Gasteiger partial charge in [0.15, 0.2) is 0 Å². The molecule has 0 aromatic heterocycles. The number of hydrogen-bond donors (Lipinski definition) is 1. The SMILES string of the molecule is Cc1cc(OCCN(C)c2ccc(N)cc2)cc(C)c1Cl. The molecule has 0 bridgehead atoms. The normalized spacial score (nSPS) is 10.5. The third kappa shape index (κ3) is 4.05. The predicted octanol–water partition coefficient (Wildman–Crippen LogP) is 4.05. The maximum Gasteiger partial charge on any atom is 0.120 e. The minimum atomic E-state index is 0.612. The minimum absolute atomic E-state index is 0.612. The van der Waals surface area contributed by atoms with Crippen LogP contribution in [0.1, 0.15) is 11.1 Å². The molecular weight excluding hydrogens is 284 g/mol. The third-order valence-corrected chi connectivity index (χ3v) is 4.04. The third-order valence-electron chi connectivity index (χ3n) is 3.44. The van der Waals surface area contributed by atoms with Crippen LogP contribution in [-0.4, -0.2) is 20.2 Å². The van der Waals surface area contributed by atoms with Crippen LogP contribution in [0.2, 0.25) is 5.02 Å². The van der Waals surface area contributed by atoms with Gasteiger partial charge in [-0.25, -0.2) is 0 Å². The molecule has 21 heavy (non-hydrogen) atoms. The summed E-state index contributed by atoms with van der Waals surface area (Å²) in [5.41, 5.74) is 9.67. The molecule has 0 amide bonds. The molecular formula is C17H21ClN2O. The van der Waals surface area contributed by atoms with Crippen LogP contribution in [-0.2, 0) is 0 Å². The lowest BCUT2D eigenvalue weighted by atomic mass is 10.1. The van der Waals surface area contributed by atoms with Crippen LogP contribution in [0.4, 0.5) is 11.4 Å². The van der Waals surface area contributed by atoms with Gasteiger partial charge in [0.1, 0.15) is 12.4 Å². The summed E-state index contributed by atoms with van der Waals surface area (Å²) in [6.45, 7) is 5.39. The van der Waals surface area contributed by atoms with Crippen molar-refractivity contribution in [2.45, 2.75) is 13.8 Å². The Morgan fingerprint density at radius 1 is 1.10 bits per heavy atom. The van der Waals surface area contributed by atoms with E-state index < -0.39 is 0 Å². The zero-order valence-electron chi connectivity index (χ0n) is 12.7. The summed E-state index contributed by atoms with van der Waals surface area (Å²) in [6.07, 6.45) is 0. The van der Waals surface area contributed by atoms with Gasteiger partial charge in [-0.05, 0) is 61.4 Å². The zero-order valence-corrected chi connectivity index (χ0v) is 13.4. The second-order valence-electron chi connectivity index (χ2n) is 5.23. The lowest BCUT2D eigenvalue weighted by Gasteiger charge is -2.20. The molecule has 0 aliphatic heterocycles. The number of likely N-dealkylation sites (N-methyl/N-ethyl adjacent to an activating group) is 1. The standard InChI is InChI=1S/C17H21ClN2O/c1-12-10-16(11-13(2)17(12)18)21-9-8-20(3)15-6-4-14(19)5-7-15/h4-7,10-11H,8-9,19H2,1-3H3. The number of nitrogen functional groups attached to an aromatic ring is 1. The van der Waals surface area contributed by atoms with Crippen molar-refractivity contribution < 1.29 is 4.74 Å². The Morgan fingerprint density at radius 3 is 2.24 bits per heavy atom. The van der Waals surface area contributed by atoms with E-state index in [2.05, 4.69) is 4.90 Å². The van der Waals surface area contributed by atoms with Crippen molar-refractivity contribution in [2.75, 3.05) is 30.8 Å². The Hall–Kier alpha value is -1.87. The summed E-state index contributed by atoms with van der Waals surface area (Å²) in [5, 5.41) is 0.807. The van der Waals surface area contributed by atoms with Crippen molar-refractivity contribution in [3.8, 4) is 5.75 Å². The molecule has 0 heterocycles. The van der Waals surface area contributed by atoms with E-state index >= 15 is 0 Å². The second kappa shape index (κ2) is 6.72. The molecule has 0 saturated heterocycles. The zero-order chi connectivity index (χ0) is 15.4. The van der Waals surface area contributed by atoms with Gasteiger partial charge >= 0.3 is 0 Å². The predicted molar refractivity (Wildman–Crippen MR) is 90.5 cm³/mol. The van der Waals surface area contributed by atoms with Crippen LogP contribution in [0.3, 0.4) is 0 Å². The van der Waals surface area contributed by atoms with Crippen LogP contribution in [0, 0.1) is 13.8 Å². The molecule has 0 saturated carbocycles. The number of aryl methyl sites for hydroxylation is 2. The fraction of sp³-hybridized carbons (Fsp3) is 0.294. The highest BCUT2D eigenvalue weighted by Gasteiger charge is 2.05. The van der Waals surface area contributed by atoms with Gasteiger partial charge in [-0.1, -0.05) is 11.6 Å². The molecule has 0 aliphatic carbocycles. The Morgan fingerprint density at radius 2 is 1.67 bits per heavy atom. The first-order valence-electron chi connectivity index (χ1n) is 6.93. The molecule has 0 spiro atoms. The first-order valence-corrected chi connectivity index (χ1v) is 7.31. The molecule has 2 N–H and O–H groups in total. The van der Waals surface area contributed by atoms with Crippen molar-refractivity contribution in [2.24, 2.45) is 0 Å². The van der Waals surface area contributed by atoms with E-state index in [9.17, 15) is 0 Å². The first-order chi connectivity index (χ1) is 9.97. The lowest BCUT2D eigenvalue weighted by Crippen LogP contribution is -2.23. The van der Waals surface area contributed by atoms with E-state index in [4.69, 9.17) is 22.1 Å². The summed E-state index contributed by atoms with van der Waals surface area (Å²) >= 11 is 6.15. The highest BCUT2D eigenvalue weighted by Crippen LogP contribution is 2.25. The van der Waals surface area contributed by atoms with Crippen LogP contribution >= 0.6 is 11.6 Å². The van der Waals surface area contributed by atoms with Gasteiger partial charge in [0.25, 0.3) is 0 Å². The largest absolute Gasteiger partial charge is 0.492 e. The second-order valence-corrected chi connectivity index (χ2v) is 5.61. The van der Waals surface area contributed by atoms with E-state index in [1.54, 1.807) is 0 Å². The highest BCUT2D eigenvalue weighted by molar-refractivity contribution is 6.32. The van der Waals surface area contributed by atoms with Crippen molar-refractivity contribution in [3.63, 3.8) is 0 Å². The topological polar surface area (TPSA) is 38.5 Å². The maximum atomic E-state index is 6.15. The number of ether oxygens (including phenoxy) is 1. The molecule has 0 atom stereocenters. The molecule has 2 aromatic carbocycles. The minimum Gasteiger partial charge on any atom is -0.492 e. The Labute approximate surface area is 131 Å². The molecule has 0 fully saturated rings. The van der Waals surface area contributed by atoms with E-state index in [0.717, 1.165) is 39.8 Å². The van der Waals surface area contributed by atoms with Crippen molar-refractivity contribution >= 4 is 23.0 Å². The summed E-state index contributed by atoms with van der Waals surface area (Å²) in [7, 11) is 2.03. The van der Waals surface area contributed by atoms with Crippen LogP contribution in [0.15, 0.2) is 36.4 Å². The molecule has 0 aliphatic rings. The number of nitrogens with zero attached hydrogens (tertiary/aromatic N) is 1. The van der Waals surface area contributed by atoms with E-state index in [0.29, 0.717) is 6.61 Å². The Balaban J connectivity index is 1.91. The van der Waals surface area contributed by atoms with Crippen molar-refractivity contribution in [1.29, 1.82) is 0 Å². The van der Waals surface area contributed by atoms with Crippen molar-refractivity contribution in [1.82, 2.24) is 0 Å². The number of anilines is 2. The Kier molecular flexibility index (Phi) is 4.97. The van der Waals surface area contributed by atoms with Crippen LogP contribution < -0.4 is 15.4 Å². The van der Waals surface area contributed by atoms with Gasteiger partial charge in [0.2, 0.25) is 0 Å². The number of hydrogen-bond acceptors (Lipinski definition) is 3. The summed E-state index contributed by atoms with van der Waals surface area (Å²) in [5.74, 6) is 0.861. The smallest absolute Gasteiger partial charge is 0.120 e. The number of halogens is 1. The van der Waals surface area contributed by atoms with E-state index in [-0.39, 0.29) is 0 Å². The van der Waals surface area contributed by atoms with Gasteiger partial charge < -0.3 is 15.4 Å². The lowest BCUT2D eigenvalue weighted by molar-refractivity contribution is 0.325. The monoisotopic (exact) mass is 304 g/mol. The quantitative estimate of drug-likeness (QED) is 0.847. The molecule has 0 unspecified atom stereocenters. The summed E-state index contributed by atoms with van der Waals surface area (Å²) < 4.78 is 5.81. The van der Waals surface area contributed by atoms with Crippen LogP contribution in [0.25, 0.3) is 0 Å². The van der Waals surface area contributed by atoms with Gasteiger partial charge in [-0.3, -0.25) is 0 Å². The molecule has 2 aromatic rings. The van der Waals surface area contributed by atoms with Crippen molar-refractivity contribution in [3.05, 3.63) is 52.5 Å². The van der Waals surface area contributed by atoms with E-state index in [1.807, 2.05) is 57.3 Å². The Bertz CT molecular complexity index is 588. The molecule has 2 rings (SSSR count). The maximum absolute atomic E-state index is 6.15. The van der Waals surface area contributed by atoms with Gasteiger partial charge in [-0.15, -0.1) is 0 Å². The molecule has 4 heteroatoms. The number of benzene rings is 2. The summed E-state index contributed by atoms with van der Waals surface area (Å²) in [6, 6.07) is 11.8. The van der Waals surface area contributed by atoms with Crippen LogP contribution in [0.5, 0.6) is 5.75 Å².